The standard InChI is InChI=1S/C17H26O6/c1-11(18)21-15(4)6-14-7-16(5,22-12(2)19)10-17(8-14,9-15)23-13(3)20/h14H,6-10H2,1-5H3. The van der Waals surface area contributed by atoms with E-state index in [4.69, 9.17) is 14.2 Å². The van der Waals surface area contributed by atoms with E-state index in [0.29, 0.717) is 32.1 Å². The monoisotopic (exact) mass is 326 g/mol. The second kappa shape index (κ2) is 5.80. The Morgan fingerprint density at radius 2 is 1.13 bits per heavy atom. The molecule has 0 aromatic carbocycles. The number of carbonyl (C=O) groups excluding carboxylic acids is 3. The van der Waals surface area contributed by atoms with E-state index in [9.17, 15) is 14.4 Å². The lowest BCUT2D eigenvalue weighted by Gasteiger charge is -2.55. The Bertz CT molecular complexity index is 490. The Labute approximate surface area is 136 Å². The molecule has 0 amide bonds. The highest BCUT2D eigenvalue weighted by Crippen LogP contribution is 2.54. The maximum Gasteiger partial charge on any atom is 0.303 e. The van der Waals surface area contributed by atoms with Crippen molar-refractivity contribution in [2.75, 3.05) is 0 Å². The fourth-order valence-corrected chi connectivity index (χ4v) is 4.95. The van der Waals surface area contributed by atoms with Crippen LogP contribution in [0.3, 0.4) is 0 Å². The molecule has 0 aromatic rings. The fraction of sp³-hybridized carbons (Fsp3) is 0.824. The number of carbonyl (C=O) groups is 3. The summed E-state index contributed by atoms with van der Waals surface area (Å²) in [5.41, 5.74) is -2.09. The van der Waals surface area contributed by atoms with Gasteiger partial charge in [-0.25, -0.2) is 0 Å². The normalized spacial score (nSPS) is 39.3. The van der Waals surface area contributed by atoms with Crippen molar-refractivity contribution in [3.8, 4) is 0 Å². The summed E-state index contributed by atoms with van der Waals surface area (Å²) in [6.07, 6.45) is 2.90. The van der Waals surface area contributed by atoms with Crippen molar-refractivity contribution >= 4 is 17.9 Å². The van der Waals surface area contributed by atoms with Gasteiger partial charge >= 0.3 is 17.9 Å². The highest BCUT2D eigenvalue weighted by Gasteiger charge is 2.58. The number of rotatable bonds is 3. The van der Waals surface area contributed by atoms with Gasteiger partial charge in [0.1, 0.15) is 16.8 Å². The van der Waals surface area contributed by atoms with Gasteiger partial charge in [-0.05, 0) is 39.0 Å². The minimum Gasteiger partial charge on any atom is -0.459 e. The largest absolute Gasteiger partial charge is 0.459 e. The molecule has 23 heavy (non-hydrogen) atoms. The molecule has 0 aromatic heterocycles. The van der Waals surface area contributed by atoms with E-state index in [-0.39, 0.29) is 23.8 Å². The third-order valence-corrected chi connectivity index (χ3v) is 4.63. The van der Waals surface area contributed by atoms with E-state index in [2.05, 4.69) is 0 Å². The highest BCUT2D eigenvalue weighted by molar-refractivity contribution is 5.68. The van der Waals surface area contributed by atoms with Crippen molar-refractivity contribution in [2.45, 2.75) is 83.5 Å². The van der Waals surface area contributed by atoms with Crippen LogP contribution in [-0.4, -0.2) is 34.7 Å². The summed E-state index contributed by atoms with van der Waals surface area (Å²) >= 11 is 0. The van der Waals surface area contributed by atoms with Gasteiger partial charge in [0.25, 0.3) is 0 Å². The summed E-state index contributed by atoms with van der Waals surface area (Å²) in [6, 6.07) is 0. The molecule has 2 fully saturated rings. The Kier molecular flexibility index (Phi) is 4.48. The van der Waals surface area contributed by atoms with Crippen LogP contribution in [0.5, 0.6) is 0 Å². The van der Waals surface area contributed by atoms with Crippen molar-refractivity contribution in [1.29, 1.82) is 0 Å². The van der Waals surface area contributed by atoms with Crippen LogP contribution in [0.15, 0.2) is 0 Å². The van der Waals surface area contributed by atoms with E-state index < -0.39 is 16.8 Å². The summed E-state index contributed by atoms with van der Waals surface area (Å²) in [6.45, 7) is 7.91. The zero-order valence-electron chi connectivity index (χ0n) is 14.6. The highest BCUT2D eigenvalue weighted by atomic mass is 16.6. The predicted octanol–water partition coefficient (Wildman–Crippen LogP) is 2.53. The lowest BCUT2D eigenvalue weighted by atomic mass is 9.59. The molecule has 0 N–H and O–H groups in total. The van der Waals surface area contributed by atoms with Crippen molar-refractivity contribution in [1.82, 2.24) is 0 Å². The smallest absolute Gasteiger partial charge is 0.303 e. The van der Waals surface area contributed by atoms with Crippen LogP contribution in [0.1, 0.15) is 66.7 Å². The average molecular weight is 326 g/mol. The maximum absolute atomic E-state index is 11.6. The zero-order chi connectivity index (χ0) is 17.5. The lowest BCUT2D eigenvalue weighted by molar-refractivity contribution is -0.219. The molecule has 0 saturated heterocycles. The maximum atomic E-state index is 11.6. The number of hydrogen-bond acceptors (Lipinski definition) is 6. The summed E-state index contributed by atoms with van der Waals surface area (Å²) in [5, 5.41) is 0. The first-order chi connectivity index (χ1) is 10.4. The lowest BCUT2D eigenvalue weighted by Crippen LogP contribution is -2.59. The molecule has 2 atom stereocenters. The number of hydrogen-bond donors (Lipinski definition) is 0. The molecule has 6 nitrogen and oxygen atoms in total. The van der Waals surface area contributed by atoms with E-state index in [1.54, 1.807) is 0 Å². The van der Waals surface area contributed by atoms with Crippen molar-refractivity contribution in [3.05, 3.63) is 0 Å². The van der Waals surface area contributed by atoms with E-state index in [0.717, 1.165) is 0 Å². The molecule has 2 aliphatic carbocycles. The molecule has 2 aliphatic rings. The summed E-state index contributed by atoms with van der Waals surface area (Å²) < 4.78 is 16.7. The summed E-state index contributed by atoms with van der Waals surface area (Å²) in [4.78, 5) is 34.5. The molecule has 0 aliphatic heterocycles. The Morgan fingerprint density at radius 3 is 1.48 bits per heavy atom. The first kappa shape index (κ1) is 17.8. The first-order valence-electron chi connectivity index (χ1n) is 8.04. The minimum absolute atomic E-state index is 0.158. The van der Waals surface area contributed by atoms with Gasteiger partial charge in [0, 0.05) is 33.6 Å². The molecule has 6 heteroatoms. The molecular weight excluding hydrogens is 300 g/mol. The summed E-state index contributed by atoms with van der Waals surface area (Å²) in [5.74, 6) is -0.894. The van der Waals surface area contributed by atoms with Gasteiger partial charge in [0.2, 0.25) is 0 Å². The Morgan fingerprint density at radius 1 is 0.739 bits per heavy atom. The van der Waals surface area contributed by atoms with Gasteiger partial charge < -0.3 is 14.2 Å². The van der Waals surface area contributed by atoms with Crippen LogP contribution >= 0.6 is 0 Å². The van der Waals surface area contributed by atoms with Crippen LogP contribution in [-0.2, 0) is 28.6 Å². The van der Waals surface area contributed by atoms with E-state index >= 15 is 0 Å². The minimum atomic E-state index is -0.763. The van der Waals surface area contributed by atoms with Gasteiger partial charge in [0.05, 0.1) is 0 Å². The molecule has 130 valence electrons. The van der Waals surface area contributed by atoms with E-state index in [1.807, 2.05) is 13.8 Å². The predicted molar refractivity (Wildman–Crippen MR) is 81.4 cm³/mol. The molecular formula is C17H26O6. The van der Waals surface area contributed by atoms with Crippen molar-refractivity contribution < 1.29 is 28.6 Å². The van der Waals surface area contributed by atoms with Crippen LogP contribution < -0.4 is 0 Å². The zero-order valence-corrected chi connectivity index (χ0v) is 14.6. The number of ether oxygens (including phenoxy) is 3. The van der Waals surface area contributed by atoms with Gasteiger partial charge in [-0.2, -0.15) is 0 Å². The topological polar surface area (TPSA) is 78.9 Å². The second-order valence-electron chi connectivity index (χ2n) is 7.70. The van der Waals surface area contributed by atoms with Gasteiger partial charge in [-0.1, -0.05) is 0 Å². The molecule has 0 heterocycles. The quantitative estimate of drug-likeness (QED) is 0.586. The summed E-state index contributed by atoms with van der Waals surface area (Å²) in [7, 11) is 0. The molecule has 2 unspecified atom stereocenters. The van der Waals surface area contributed by atoms with Crippen LogP contribution in [0, 0.1) is 5.92 Å². The molecule has 2 rings (SSSR count). The SMILES string of the molecule is CC(=O)OC1(C)CC2CC(C)(OC(C)=O)CC(OC(C)=O)(C2)C1. The van der Waals surface area contributed by atoms with Crippen molar-refractivity contribution in [3.63, 3.8) is 0 Å². The number of fused-ring (bicyclic) bond motifs is 2. The molecule has 2 saturated carbocycles. The second-order valence-corrected chi connectivity index (χ2v) is 7.70. The van der Waals surface area contributed by atoms with Crippen LogP contribution in [0.25, 0.3) is 0 Å². The van der Waals surface area contributed by atoms with Crippen LogP contribution in [0.4, 0.5) is 0 Å². The molecule has 0 radical (unpaired) electrons. The Balaban J connectivity index is 2.31. The fourth-order valence-electron chi connectivity index (χ4n) is 4.95. The first-order valence-corrected chi connectivity index (χ1v) is 8.04. The van der Waals surface area contributed by atoms with Gasteiger partial charge in [0.15, 0.2) is 0 Å². The third-order valence-electron chi connectivity index (χ3n) is 4.63. The number of esters is 3. The van der Waals surface area contributed by atoms with Gasteiger partial charge in [-0.15, -0.1) is 0 Å². The third kappa shape index (κ3) is 4.24. The van der Waals surface area contributed by atoms with Gasteiger partial charge in [-0.3, -0.25) is 14.4 Å². The average Bonchev–Trinajstić information content (AvgIpc) is 2.19. The Hall–Kier alpha value is -1.59. The molecule has 0 spiro atoms. The molecule has 2 bridgehead atoms. The van der Waals surface area contributed by atoms with E-state index in [1.165, 1.54) is 20.8 Å². The van der Waals surface area contributed by atoms with Crippen molar-refractivity contribution in [2.24, 2.45) is 5.92 Å². The van der Waals surface area contributed by atoms with Crippen LogP contribution in [0.2, 0.25) is 0 Å².